The molecule has 23 heavy (non-hydrogen) atoms. The van der Waals surface area contributed by atoms with Gasteiger partial charge in [0.25, 0.3) is 0 Å². The molecule has 4 nitrogen and oxygen atoms in total. The summed E-state index contributed by atoms with van der Waals surface area (Å²) >= 11 is 1.99. The number of nitrogens with zero attached hydrogens (tertiary/aromatic N) is 1. The minimum absolute atomic E-state index is 0.0504. The van der Waals surface area contributed by atoms with Gasteiger partial charge >= 0.3 is 0 Å². The maximum Gasteiger partial charge on any atom is 0.225 e. The third-order valence-electron chi connectivity index (χ3n) is 5.08. The molecule has 2 amide bonds. The van der Waals surface area contributed by atoms with E-state index in [1.807, 2.05) is 30.5 Å². The van der Waals surface area contributed by atoms with Crippen molar-refractivity contribution >= 4 is 23.6 Å². The van der Waals surface area contributed by atoms with E-state index in [1.54, 1.807) is 0 Å². The van der Waals surface area contributed by atoms with Crippen molar-refractivity contribution in [2.24, 2.45) is 11.8 Å². The first-order chi connectivity index (χ1) is 11.0. The summed E-state index contributed by atoms with van der Waals surface area (Å²) in [5.41, 5.74) is 0. The number of nitrogens with one attached hydrogen (secondary N) is 1. The lowest BCUT2D eigenvalue weighted by Gasteiger charge is -2.35. The SMILES string of the molecule is CCS[C@H]1CCCC[C@@H]1NC(=O)C1CCN(C(=O)C(C)C)CC1. The van der Waals surface area contributed by atoms with Crippen molar-refractivity contribution in [3.05, 3.63) is 0 Å². The Balaban J connectivity index is 1.81. The third-order valence-corrected chi connectivity index (χ3v) is 6.41. The van der Waals surface area contributed by atoms with Crippen LogP contribution in [-0.4, -0.2) is 46.8 Å². The fraction of sp³-hybridized carbons (Fsp3) is 0.889. The summed E-state index contributed by atoms with van der Waals surface area (Å²) in [6.07, 6.45) is 6.48. The molecule has 1 aliphatic heterocycles. The zero-order valence-corrected chi connectivity index (χ0v) is 15.7. The molecular weight excluding hydrogens is 308 g/mol. The van der Waals surface area contributed by atoms with Crippen LogP contribution in [0.1, 0.15) is 59.3 Å². The van der Waals surface area contributed by atoms with E-state index in [9.17, 15) is 9.59 Å². The molecule has 1 heterocycles. The summed E-state index contributed by atoms with van der Waals surface area (Å²) in [4.78, 5) is 26.6. The van der Waals surface area contributed by atoms with Crippen molar-refractivity contribution in [3.8, 4) is 0 Å². The van der Waals surface area contributed by atoms with Crippen LogP contribution in [0, 0.1) is 11.8 Å². The molecule has 0 aromatic rings. The van der Waals surface area contributed by atoms with Crippen LogP contribution < -0.4 is 5.32 Å². The number of hydrogen-bond donors (Lipinski definition) is 1. The van der Waals surface area contributed by atoms with E-state index in [0.29, 0.717) is 11.3 Å². The first kappa shape index (κ1) is 18.6. The molecular formula is C18H32N2O2S. The van der Waals surface area contributed by atoms with Gasteiger partial charge < -0.3 is 10.2 Å². The van der Waals surface area contributed by atoms with Crippen LogP contribution in [0.4, 0.5) is 0 Å². The Morgan fingerprint density at radius 1 is 1.13 bits per heavy atom. The third kappa shape index (κ3) is 5.13. The van der Waals surface area contributed by atoms with E-state index in [0.717, 1.165) is 38.1 Å². The number of carbonyl (C=O) groups excluding carboxylic acids is 2. The number of rotatable bonds is 5. The van der Waals surface area contributed by atoms with E-state index in [4.69, 9.17) is 0 Å². The molecule has 2 rings (SSSR count). The summed E-state index contributed by atoms with van der Waals surface area (Å²) in [7, 11) is 0. The summed E-state index contributed by atoms with van der Waals surface area (Å²) in [6, 6.07) is 0.344. The Morgan fingerprint density at radius 2 is 1.78 bits per heavy atom. The molecule has 0 spiro atoms. The van der Waals surface area contributed by atoms with Gasteiger partial charge in [-0.05, 0) is 31.4 Å². The smallest absolute Gasteiger partial charge is 0.225 e. The van der Waals surface area contributed by atoms with Gasteiger partial charge in [-0.15, -0.1) is 0 Å². The molecule has 0 aromatic carbocycles. The van der Waals surface area contributed by atoms with Gasteiger partial charge in [0.2, 0.25) is 11.8 Å². The van der Waals surface area contributed by atoms with E-state index >= 15 is 0 Å². The molecule has 1 aliphatic carbocycles. The second-order valence-corrected chi connectivity index (χ2v) is 8.66. The summed E-state index contributed by atoms with van der Waals surface area (Å²) in [5.74, 6) is 1.69. The van der Waals surface area contributed by atoms with Crippen LogP contribution >= 0.6 is 11.8 Å². The van der Waals surface area contributed by atoms with E-state index in [1.165, 1.54) is 19.3 Å². The standard InChI is InChI=1S/C18H32N2O2S/c1-4-23-16-8-6-5-7-15(16)19-17(21)14-9-11-20(12-10-14)18(22)13(2)3/h13-16H,4-12H2,1-3H3,(H,19,21)/t15-,16-/m0/s1. The molecule has 2 aliphatic rings. The molecule has 132 valence electrons. The number of hydrogen-bond acceptors (Lipinski definition) is 3. The van der Waals surface area contributed by atoms with Crippen LogP contribution in [0.25, 0.3) is 0 Å². The Labute approximate surface area is 145 Å². The van der Waals surface area contributed by atoms with Crippen molar-refractivity contribution in [1.82, 2.24) is 10.2 Å². The number of likely N-dealkylation sites (tertiary alicyclic amines) is 1. The highest BCUT2D eigenvalue weighted by atomic mass is 32.2. The van der Waals surface area contributed by atoms with Crippen LogP contribution in [0.3, 0.4) is 0 Å². The highest BCUT2D eigenvalue weighted by molar-refractivity contribution is 7.99. The zero-order chi connectivity index (χ0) is 16.8. The largest absolute Gasteiger partial charge is 0.352 e. The lowest BCUT2D eigenvalue weighted by molar-refractivity contribution is -0.138. The molecule has 2 atom stereocenters. The van der Waals surface area contributed by atoms with Crippen molar-refractivity contribution in [2.75, 3.05) is 18.8 Å². The van der Waals surface area contributed by atoms with Gasteiger partial charge in [0.15, 0.2) is 0 Å². The average molecular weight is 341 g/mol. The summed E-state index contributed by atoms with van der Waals surface area (Å²) < 4.78 is 0. The maximum atomic E-state index is 12.6. The van der Waals surface area contributed by atoms with Gasteiger partial charge in [0.1, 0.15) is 0 Å². The fourth-order valence-corrected chi connectivity index (χ4v) is 4.90. The number of carbonyl (C=O) groups is 2. The lowest BCUT2D eigenvalue weighted by Crippen LogP contribution is -2.49. The molecule has 2 fully saturated rings. The predicted molar refractivity (Wildman–Crippen MR) is 96.5 cm³/mol. The lowest BCUT2D eigenvalue weighted by atomic mass is 9.91. The van der Waals surface area contributed by atoms with Crippen LogP contribution in [0.5, 0.6) is 0 Å². The highest BCUT2D eigenvalue weighted by Crippen LogP contribution is 2.29. The number of thioether (sulfide) groups is 1. The second kappa shape index (κ2) is 8.95. The van der Waals surface area contributed by atoms with Crippen molar-refractivity contribution in [2.45, 2.75) is 70.6 Å². The summed E-state index contributed by atoms with van der Waals surface area (Å²) in [5, 5.41) is 3.91. The van der Waals surface area contributed by atoms with Crippen molar-refractivity contribution in [1.29, 1.82) is 0 Å². The second-order valence-electron chi connectivity index (χ2n) is 7.15. The molecule has 1 saturated heterocycles. The Bertz CT molecular complexity index is 404. The zero-order valence-electron chi connectivity index (χ0n) is 14.8. The van der Waals surface area contributed by atoms with Crippen LogP contribution in [0.2, 0.25) is 0 Å². The average Bonchev–Trinajstić information content (AvgIpc) is 2.56. The first-order valence-electron chi connectivity index (χ1n) is 9.23. The Morgan fingerprint density at radius 3 is 2.39 bits per heavy atom. The maximum absolute atomic E-state index is 12.6. The van der Waals surface area contributed by atoms with Gasteiger partial charge in [-0.25, -0.2) is 0 Å². The first-order valence-corrected chi connectivity index (χ1v) is 10.3. The van der Waals surface area contributed by atoms with E-state index in [2.05, 4.69) is 12.2 Å². The van der Waals surface area contributed by atoms with Crippen molar-refractivity contribution < 1.29 is 9.59 Å². The van der Waals surface area contributed by atoms with E-state index in [-0.39, 0.29) is 23.7 Å². The van der Waals surface area contributed by atoms with Gasteiger partial charge in [-0.2, -0.15) is 11.8 Å². The molecule has 0 aromatic heterocycles. The Kier molecular flexibility index (Phi) is 7.25. The minimum Gasteiger partial charge on any atom is -0.352 e. The molecule has 5 heteroatoms. The monoisotopic (exact) mass is 340 g/mol. The normalized spacial score (nSPS) is 26.3. The highest BCUT2D eigenvalue weighted by Gasteiger charge is 2.32. The molecule has 0 bridgehead atoms. The van der Waals surface area contributed by atoms with Crippen molar-refractivity contribution in [3.63, 3.8) is 0 Å². The molecule has 0 unspecified atom stereocenters. The van der Waals surface area contributed by atoms with Crippen LogP contribution in [0.15, 0.2) is 0 Å². The Hall–Kier alpha value is -0.710. The van der Waals surface area contributed by atoms with Gasteiger partial charge in [0.05, 0.1) is 0 Å². The molecule has 0 radical (unpaired) electrons. The molecule has 1 saturated carbocycles. The van der Waals surface area contributed by atoms with Crippen LogP contribution in [-0.2, 0) is 9.59 Å². The quantitative estimate of drug-likeness (QED) is 0.837. The minimum atomic E-state index is 0.0504. The topological polar surface area (TPSA) is 49.4 Å². The summed E-state index contributed by atoms with van der Waals surface area (Å²) in [6.45, 7) is 7.53. The fourth-order valence-electron chi connectivity index (χ4n) is 3.70. The van der Waals surface area contributed by atoms with Gasteiger partial charge in [-0.3, -0.25) is 9.59 Å². The molecule has 1 N–H and O–H groups in total. The number of piperidine rings is 1. The van der Waals surface area contributed by atoms with Gasteiger partial charge in [0, 0.05) is 36.2 Å². The number of amides is 2. The predicted octanol–water partition coefficient (Wildman–Crippen LogP) is 3.06. The van der Waals surface area contributed by atoms with Gasteiger partial charge in [-0.1, -0.05) is 33.6 Å². The van der Waals surface area contributed by atoms with E-state index < -0.39 is 0 Å².